The summed E-state index contributed by atoms with van der Waals surface area (Å²) < 4.78 is 0. The number of nitrogens with two attached hydrogens (primary N) is 1. The maximum Gasteiger partial charge on any atom is 0.0384 e. The SMILES string of the molecule is NCCCc1ccc(Nc2ccccc2)cc1. The van der Waals surface area contributed by atoms with Gasteiger partial charge in [-0.25, -0.2) is 0 Å². The van der Waals surface area contributed by atoms with Crippen LogP contribution in [0.25, 0.3) is 0 Å². The van der Waals surface area contributed by atoms with Crippen molar-refractivity contribution in [2.45, 2.75) is 12.8 Å². The highest BCUT2D eigenvalue weighted by Crippen LogP contribution is 2.16. The van der Waals surface area contributed by atoms with Gasteiger partial charge in [-0.05, 0) is 49.2 Å². The average molecular weight is 226 g/mol. The van der Waals surface area contributed by atoms with Crippen molar-refractivity contribution in [2.24, 2.45) is 5.73 Å². The van der Waals surface area contributed by atoms with Gasteiger partial charge in [0, 0.05) is 11.4 Å². The summed E-state index contributed by atoms with van der Waals surface area (Å²) in [4.78, 5) is 0. The summed E-state index contributed by atoms with van der Waals surface area (Å²) in [7, 11) is 0. The third-order valence-electron chi connectivity index (χ3n) is 2.69. The quantitative estimate of drug-likeness (QED) is 0.820. The molecule has 0 unspecified atom stereocenters. The van der Waals surface area contributed by atoms with Gasteiger partial charge >= 0.3 is 0 Å². The summed E-state index contributed by atoms with van der Waals surface area (Å²) in [5.41, 5.74) is 9.07. The van der Waals surface area contributed by atoms with E-state index < -0.39 is 0 Å². The predicted molar refractivity (Wildman–Crippen MR) is 73.5 cm³/mol. The first-order valence-electron chi connectivity index (χ1n) is 5.99. The van der Waals surface area contributed by atoms with Crippen LogP contribution in [0.15, 0.2) is 54.6 Å². The summed E-state index contributed by atoms with van der Waals surface area (Å²) in [5.74, 6) is 0. The van der Waals surface area contributed by atoms with Crippen LogP contribution in [-0.4, -0.2) is 6.54 Å². The number of nitrogens with one attached hydrogen (secondary N) is 1. The zero-order valence-electron chi connectivity index (χ0n) is 9.89. The third-order valence-corrected chi connectivity index (χ3v) is 2.69. The number of rotatable bonds is 5. The molecule has 0 atom stereocenters. The minimum Gasteiger partial charge on any atom is -0.356 e. The Hall–Kier alpha value is -1.80. The molecule has 2 aromatic carbocycles. The number of benzene rings is 2. The van der Waals surface area contributed by atoms with Gasteiger partial charge in [0.1, 0.15) is 0 Å². The van der Waals surface area contributed by atoms with Gasteiger partial charge in [0.25, 0.3) is 0 Å². The van der Waals surface area contributed by atoms with E-state index in [0.717, 1.165) is 30.8 Å². The topological polar surface area (TPSA) is 38.0 Å². The molecule has 17 heavy (non-hydrogen) atoms. The van der Waals surface area contributed by atoms with Gasteiger partial charge in [-0.3, -0.25) is 0 Å². The molecule has 0 heterocycles. The van der Waals surface area contributed by atoms with Crippen LogP contribution in [-0.2, 0) is 6.42 Å². The Balaban J connectivity index is 1.98. The fraction of sp³-hybridized carbons (Fsp3) is 0.200. The molecule has 2 heteroatoms. The number of para-hydroxylation sites is 1. The van der Waals surface area contributed by atoms with Crippen molar-refractivity contribution >= 4 is 11.4 Å². The van der Waals surface area contributed by atoms with Crippen molar-refractivity contribution in [2.75, 3.05) is 11.9 Å². The summed E-state index contributed by atoms with van der Waals surface area (Å²) in [6.45, 7) is 0.754. The summed E-state index contributed by atoms with van der Waals surface area (Å²) in [5, 5.41) is 3.36. The fourth-order valence-electron chi connectivity index (χ4n) is 1.75. The van der Waals surface area contributed by atoms with Gasteiger partial charge in [0.05, 0.1) is 0 Å². The lowest BCUT2D eigenvalue weighted by molar-refractivity contribution is 0.833. The molecule has 0 radical (unpaired) electrons. The molecule has 0 aliphatic rings. The van der Waals surface area contributed by atoms with E-state index in [4.69, 9.17) is 5.73 Å². The van der Waals surface area contributed by atoms with Crippen molar-refractivity contribution in [3.05, 3.63) is 60.2 Å². The summed E-state index contributed by atoms with van der Waals surface area (Å²) in [6.07, 6.45) is 2.10. The number of hydrogen-bond acceptors (Lipinski definition) is 2. The van der Waals surface area contributed by atoms with Crippen molar-refractivity contribution < 1.29 is 0 Å². The summed E-state index contributed by atoms with van der Waals surface area (Å²) >= 11 is 0. The van der Waals surface area contributed by atoms with Gasteiger partial charge in [-0.1, -0.05) is 30.3 Å². The second kappa shape index (κ2) is 6.06. The maximum atomic E-state index is 5.50. The van der Waals surface area contributed by atoms with Crippen LogP contribution in [0.1, 0.15) is 12.0 Å². The van der Waals surface area contributed by atoms with Crippen molar-refractivity contribution in [1.29, 1.82) is 0 Å². The molecule has 0 saturated heterocycles. The predicted octanol–water partition coefficient (Wildman–Crippen LogP) is 3.32. The zero-order valence-corrected chi connectivity index (χ0v) is 9.89. The Morgan fingerprint density at radius 3 is 2.12 bits per heavy atom. The van der Waals surface area contributed by atoms with Crippen LogP contribution < -0.4 is 11.1 Å². The highest BCUT2D eigenvalue weighted by molar-refractivity contribution is 5.59. The Kier molecular flexibility index (Phi) is 4.17. The Morgan fingerprint density at radius 1 is 0.824 bits per heavy atom. The Bertz CT molecular complexity index is 434. The number of aryl methyl sites for hydroxylation is 1. The monoisotopic (exact) mass is 226 g/mol. The van der Waals surface area contributed by atoms with E-state index in [9.17, 15) is 0 Å². The molecule has 0 bridgehead atoms. The second-order valence-corrected chi connectivity index (χ2v) is 4.08. The molecule has 0 aromatic heterocycles. The first-order valence-corrected chi connectivity index (χ1v) is 5.99. The zero-order chi connectivity index (χ0) is 11.9. The lowest BCUT2D eigenvalue weighted by atomic mass is 10.1. The molecule has 0 saturated carbocycles. The minimum absolute atomic E-state index is 0.754. The maximum absolute atomic E-state index is 5.50. The second-order valence-electron chi connectivity index (χ2n) is 4.08. The molecule has 0 aliphatic carbocycles. The van der Waals surface area contributed by atoms with E-state index in [1.165, 1.54) is 5.56 Å². The largest absolute Gasteiger partial charge is 0.356 e. The van der Waals surface area contributed by atoms with Crippen molar-refractivity contribution in [3.63, 3.8) is 0 Å². The van der Waals surface area contributed by atoms with Crippen LogP contribution >= 0.6 is 0 Å². The van der Waals surface area contributed by atoms with Crippen molar-refractivity contribution in [1.82, 2.24) is 0 Å². The molecule has 0 fully saturated rings. The molecular weight excluding hydrogens is 208 g/mol. The van der Waals surface area contributed by atoms with Crippen LogP contribution in [0.4, 0.5) is 11.4 Å². The third kappa shape index (κ3) is 3.61. The molecule has 0 aliphatic heterocycles. The fourth-order valence-corrected chi connectivity index (χ4v) is 1.75. The molecule has 2 nitrogen and oxygen atoms in total. The van der Waals surface area contributed by atoms with E-state index in [1.54, 1.807) is 0 Å². The molecule has 2 aromatic rings. The van der Waals surface area contributed by atoms with E-state index in [2.05, 4.69) is 41.7 Å². The van der Waals surface area contributed by atoms with Gasteiger partial charge in [0.15, 0.2) is 0 Å². The first-order chi connectivity index (χ1) is 8.38. The average Bonchev–Trinajstić information content (AvgIpc) is 2.39. The van der Waals surface area contributed by atoms with Crippen LogP contribution in [0.3, 0.4) is 0 Å². The van der Waals surface area contributed by atoms with E-state index >= 15 is 0 Å². The van der Waals surface area contributed by atoms with Gasteiger partial charge in [-0.15, -0.1) is 0 Å². The van der Waals surface area contributed by atoms with Crippen LogP contribution in [0.2, 0.25) is 0 Å². The van der Waals surface area contributed by atoms with E-state index in [0.29, 0.717) is 0 Å². The molecule has 2 rings (SSSR count). The highest BCUT2D eigenvalue weighted by Gasteiger charge is 1.95. The molecule has 0 spiro atoms. The number of anilines is 2. The van der Waals surface area contributed by atoms with Gasteiger partial charge in [-0.2, -0.15) is 0 Å². The number of hydrogen-bond donors (Lipinski definition) is 2. The lowest BCUT2D eigenvalue weighted by Crippen LogP contribution is -2.00. The van der Waals surface area contributed by atoms with Crippen molar-refractivity contribution in [3.8, 4) is 0 Å². The minimum atomic E-state index is 0.754. The molecule has 0 amide bonds. The highest BCUT2D eigenvalue weighted by atomic mass is 14.9. The first kappa shape index (κ1) is 11.7. The molecule has 88 valence electrons. The van der Waals surface area contributed by atoms with Crippen LogP contribution in [0.5, 0.6) is 0 Å². The Morgan fingerprint density at radius 2 is 1.47 bits per heavy atom. The standard InChI is InChI=1S/C15H18N2/c16-12-4-5-13-8-10-15(11-9-13)17-14-6-2-1-3-7-14/h1-3,6-11,17H,4-5,12,16H2. The molecule has 3 N–H and O–H groups in total. The van der Waals surface area contributed by atoms with Gasteiger partial charge < -0.3 is 11.1 Å². The molecular formula is C15H18N2. The lowest BCUT2D eigenvalue weighted by Gasteiger charge is -2.07. The van der Waals surface area contributed by atoms with Crippen LogP contribution in [0, 0.1) is 0 Å². The van der Waals surface area contributed by atoms with Gasteiger partial charge in [0.2, 0.25) is 0 Å². The van der Waals surface area contributed by atoms with E-state index in [1.807, 2.05) is 18.2 Å². The van der Waals surface area contributed by atoms with E-state index in [-0.39, 0.29) is 0 Å². The summed E-state index contributed by atoms with van der Waals surface area (Å²) in [6, 6.07) is 18.7. The smallest absolute Gasteiger partial charge is 0.0384 e. The normalized spacial score (nSPS) is 10.2. The Labute approximate surface area is 102 Å².